The van der Waals surface area contributed by atoms with Gasteiger partial charge in [-0.2, -0.15) is 5.26 Å². The molecule has 11 aromatic rings. The van der Waals surface area contributed by atoms with Crippen molar-refractivity contribution in [3.8, 4) is 79.3 Å². The van der Waals surface area contributed by atoms with Gasteiger partial charge in [-0.3, -0.25) is 0 Å². The van der Waals surface area contributed by atoms with Crippen molar-refractivity contribution in [2.75, 3.05) is 0 Å². The first-order valence-corrected chi connectivity index (χ1v) is 20.3. The molecule has 11 rings (SSSR count). The highest BCUT2D eigenvalue weighted by Crippen LogP contribution is 2.40. The van der Waals surface area contributed by atoms with Crippen molar-refractivity contribution in [1.82, 2.24) is 19.5 Å². The van der Waals surface area contributed by atoms with Gasteiger partial charge in [0, 0.05) is 33.2 Å². The molecule has 0 amide bonds. The Morgan fingerprint density at radius 1 is 0.328 bits per heavy atom. The maximum Gasteiger partial charge on any atom is 0.164 e. The number of nitriles is 1. The Morgan fingerprint density at radius 3 is 1.39 bits per heavy atom. The van der Waals surface area contributed by atoms with Crippen LogP contribution in [0.5, 0.6) is 0 Å². The predicted molar refractivity (Wildman–Crippen MR) is 249 cm³/mol. The molecule has 0 radical (unpaired) electrons. The molecule has 0 spiro atoms. The van der Waals surface area contributed by atoms with E-state index in [1.165, 1.54) is 10.8 Å². The van der Waals surface area contributed by atoms with Crippen LogP contribution >= 0.6 is 0 Å². The van der Waals surface area contributed by atoms with E-state index in [0.717, 1.165) is 77.6 Å². The number of hydrogen-bond donors (Lipinski definition) is 0. The zero-order chi connectivity index (χ0) is 40.7. The molecular formula is C56H35N5. The van der Waals surface area contributed by atoms with Gasteiger partial charge in [-0.05, 0) is 86.6 Å². The van der Waals surface area contributed by atoms with Gasteiger partial charge >= 0.3 is 0 Å². The molecule has 9 aromatic carbocycles. The molecule has 0 aliphatic rings. The Bertz CT molecular complexity index is 3400. The quantitative estimate of drug-likeness (QED) is 0.162. The van der Waals surface area contributed by atoms with Crippen LogP contribution in [0, 0.1) is 11.3 Å². The number of para-hydroxylation sites is 2. The number of rotatable bonds is 7. The number of fused-ring (bicyclic) bond motifs is 4. The maximum atomic E-state index is 10.3. The van der Waals surface area contributed by atoms with Gasteiger partial charge in [-0.25, -0.2) is 15.0 Å². The SMILES string of the molecule is N#Cc1cc(-c2ccc3c4ccccc4n(-c4ccccc4)c3c2)cc(-c2ccc(-c3ccc(-c4nc(-c5ccccc5)nc(-c5ccccc5)n4)cc3)c3ccccc23)c1. The molecule has 5 heteroatoms. The van der Waals surface area contributed by atoms with Gasteiger partial charge in [-0.1, -0.05) is 170 Å². The lowest BCUT2D eigenvalue weighted by Gasteiger charge is -2.14. The fourth-order valence-electron chi connectivity index (χ4n) is 8.56. The van der Waals surface area contributed by atoms with E-state index >= 15 is 0 Å². The Balaban J connectivity index is 0.984. The molecule has 0 saturated carbocycles. The minimum Gasteiger partial charge on any atom is -0.309 e. The van der Waals surface area contributed by atoms with Crippen molar-refractivity contribution in [2.24, 2.45) is 0 Å². The lowest BCUT2D eigenvalue weighted by molar-refractivity contribution is 1.07. The summed E-state index contributed by atoms with van der Waals surface area (Å²) in [4.78, 5) is 14.7. The van der Waals surface area contributed by atoms with Gasteiger partial charge in [0.1, 0.15) is 0 Å². The summed E-state index contributed by atoms with van der Waals surface area (Å²) in [5.41, 5.74) is 13.1. The van der Waals surface area contributed by atoms with E-state index in [4.69, 9.17) is 15.0 Å². The molecule has 0 aliphatic carbocycles. The molecule has 0 bridgehead atoms. The molecule has 0 saturated heterocycles. The topological polar surface area (TPSA) is 67.4 Å². The summed E-state index contributed by atoms with van der Waals surface area (Å²) in [6.07, 6.45) is 0. The number of benzene rings is 9. The summed E-state index contributed by atoms with van der Waals surface area (Å²) in [5, 5.41) is 15.0. The van der Waals surface area contributed by atoms with Crippen molar-refractivity contribution < 1.29 is 0 Å². The summed E-state index contributed by atoms with van der Waals surface area (Å²) < 4.78 is 2.33. The molecule has 0 fully saturated rings. The molecule has 284 valence electrons. The molecule has 0 N–H and O–H groups in total. The minimum atomic E-state index is 0.615. The zero-order valence-electron chi connectivity index (χ0n) is 32.9. The Morgan fingerprint density at radius 2 is 0.787 bits per heavy atom. The average Bonchev–Trinajstić information content (AvgIpc) is 3.68. The fourth-order valence-corrected chi connectivity index (χ4v) is 8.56. The third-order valence-corrected chi connectivity index (χ3v) is 11.5. The fraction of sp³-hybridized carbons (Fsp3) is 0. The van der Waals surface area contributed by atoms with Crippen molar-refractivity contribution >= 4 is 32.6 Å². The van der Waals surface area contributed by atoms with Crippen LogP contribution in [0.2, 0.25) is 0 Å². The van der Waals surface area contributed by atoms with E-state index in [-0.39, 0.29) is 0 Å². The summed E-state index contributed by atoms with van der Waals surface area (Å²) in [6, 6.07) is 75.8. The van der Waals surface area contributed by atoms with E-state index in [9.17, 15) is 5.26 Å². The van der Waals surface area contributed by atoms with Gasteiger partial charge in [0.15, 0.2) is 17.5 Å². The second kappa shape index (κ2) is 15.0. The van der Waals surface area contributed by atoms with E-state index in [1.54, 1.807) is 0 Å². The molecule has 5 nitrogen and oxygen atoms in total. The van der Waals surface area contributed by atoms with Crippen molar-refractivity contribution in [3.63, 3.8) is 0 Å². The normalized spacial score (nSPS) is 11.3. The lowest BCUT2D eigenvalue weighted by Crippen LogP contribution is -2.00. The largest absolute Gasteiger partial charge is 0.309 e. The van der Waals surface area contributed by atoms with Gasteiger partial charge in [0.05, 0.1) is 22.7 Å². The van der Waals surface area contributed by atoms with E-state index in [2.05, 4.69) is 144 Å². The molecule has 2 heterocycles. The summed E-state index contributed by atoms with van der Waals surface area (Å²) in [5.74, 6) is 1.89. The van der Waals surface area contributed by atoms with Gasteiger partial charge in [-0.15, -0.1) is 0 Å². The van der Waals surface area contributed by atoms with Crippen molar-refractivity contribution in [3.05, 3.63) is 218 Å². The Hall–Kier alpha value is -8.46. The second-order valence-corrected chi connectivity index (χ2v) is 15.2. The standard InChI is InChI=1S/C56H35N5/c57-36-37-32-43(42-28-29-51-50-22-12-13-23-52(50)61(53(51)35-42)45-18-8-3-9-19-45)34-44(33-37)47-31-30-46(48-20-10-11-21-49(47)48)38-24-26-41(27-25-38)56-59-54(39-14-4-1-5-15-39)58-55(60-56)40-16-6-2-7-17-40/h1-35H. The molecule has 2 aromatic heterocycles. The average molecular weight is 778 g/mol. The Labute approximate surface area is 353 Å². The van der Waals surface area contributed by atoms with E-state index in [0.29, 0.717) is 23.0 Å². The van der Waals surface area contributed by atoms with Crippen LogP contribution in [0.25, 0.3) is 106 Å². The van der Waals surface area contributed by atoms with Crippen LogP contribution in [-0.2, 0) is 0 Å². The summed E-state index contributed by atoms with van der Waals surface area (Å²) >= 11 is 0. The van der Waals surface area contributed by atoms with Crippen LogP contribution < -0.4 is 0 Å². The van der Waals surface area contributed by atoms with Crippen molar-refractivity contribution in [1.29, 1.82) is 5.26 Å². The summed E-state index contributed by atoms with van der Waals surface area (Å²) in [7, 11) is 0. The van der Waals surface area contributed by atoms with Gasteiger partial charge in [0.2, 0.25) is 0 Å². The lowest BCUT2D eigenvalue weighted by atomic mass is 9.90. The van der Waals surface area contributed by atoms with Crippen molar-refractivity contribution in [2.45, 2.75) is 0 Å². The molecular weight excluding hydrogens is 743 g/mol. The third-order valence-electron chi connectivity index (χ3n) is 11.5. The van der Waals surface area contributed by atoms with Crippen LogP contribution in [0.15, 0.2) is 212 Å². The summed E-state index contributed by atoms with van der Waals surface area (Å²) in [6.45, 7) is 0. The highest BCUT2D eigenvalue weighted by atomic mass is 15.0. The third kappa shape index (κ3) is 6.50. The van der Waals surface area contributed by atoms with Gasteiger partial charge < -0.3 is 4.57 Å². The predicted octanol–water partition coefficient (Wildman–Crippen LogP) is 14.0. The number of hydrogen-bond acceptors (Lipinski definition) is 4. The van der Waals surface area contributed by atoms with Gasteiger partial charge in [0.25, 0.3) is 0 Å². The minimum absolute atomic E-state index is 0.615. The second-order valence-electron chi connectivity index (χ2n) is 15.2. The smallest absolute Gasteiger partial charge is 0.164 e. The number of aromatic nitrogens is 4. The highest BCUT2D eigenvalue weighted by molar-refractivity contribution is 6.10. The molecule has 61 heavy (non-hydrogen) atoms. The molecule has 0 unspecified atom stereocenters. The monoisotopic (exact) mass is 777 g/mol. The highest BCUT2D eigenvalue weighted by Gasteiger charge is 2.17. The first-order chi connectivity index (χ1) is 30.2. The van der Waals surface area contributed by atoms with Crippen LogP contribution in [-0.4, -0.2) is 19.5 Å². The maximum absolute atomic E-state index is 10.3. The van der Waals surface area contributed by atoms with E-state index in [1.807, 2.05) is 78.9 Å². The van der Waals surface area contributed by atoms with Crippen LogP contribution in [0.1, 0.15) is 5.56 Å². The van der Waals surface area contributed by atoms with Crippen LogP contribution in [0.4, 0.5) is 0 Å². The molecule has 0 aliphatic heterocycles. The first-order valence-electron chi connectivity index (χ1n) is 20.3. The first kappa shape index (κ1) is 35.7. The number of nitrogens with zero attached hydrogens (tertiary/aromatic N) is 5. The zero-order valence-corrected chi connectivity index (χ0v) is 32.9. The van der Waals surface area contributed by atoms with E-state index < -0.39 is 0 Å². The molecule has 0 atom stereocenters. The Kier molecular flexibility index (Phi) is 8.80. The van der Waals surface area contributed by atoms with Crippen LogP contribution in [0.3, 0.4) is 0 Å².